The third kappa shape index (κ3) is 3.20. The Morgan fingerprint density at radius 1 is 1.41 bits per heavy atom. The van der Waals surface area contributed by atoms with Crippen LogP contribution in [0.1, 0.15) is 37.4 Å². The highest BCUT2D eigenvalue weighted by molar-refractivity contribution is 6.58. The number of aromatic nitrogens is 1. The third-order valence-electron chi connectivity index (χ3n) is 2.62. The molecule has 0 aliphatic rings. The second-order valence-electron chi connectivity index (χ2n) is 3.88. The Bertz CT molecular complexity index is 396. The Balaban J connectivity index is 3.32. The van der Waals surface area contributed by atoms with Gasteiger partial charge in [0.25, 0.3) is 0 Å². The number of nitrogens with zero attached hydrogens (tertiary/aromatic N) is 1. The molecule has 17 heavy (non-hydrogen) atoms. The topological polar surface area (TPSA) is 53.4 Å². The zero-order valence-corrected chi connectivity index (χ0v) is 9.49. The zero-order chi connectivity index (χ0) is 13.2. The molecule has 0 saturated carbocycles. The second kappa shape index (κ2) is 5.06. The predicted molar refractivity (Wildman–Crippen MR) is 57.8 cm³/mol. The number of alkyl halides is 3. The first-order valence-electron chi connectivity index (χ1n) is 5.20. The van der Waals surface area contributed by atoms with Crippen molar-refractivity contribution in [2.45, 2.75) is 32.4 Å². The Hall–Kier alpha value is -1.08. The van der Waals surface area contributed by atoms with E-state index in [1.807, 2.05) is 0 Å². The maximum atomic E-state index is 12.8. The van der Waals surface area contributed by atoms with Crippen LogP contribution in [0.5, 0.6) is 0 Å². The summed E-state index contributed by atoms with van der Waals surface area (Å²) >= 11 is 0. The van der Waals surface area contributed by atoms with Crippen molar-refractivity contribution in [2.75, 3.05) is 0 Å². The second-order valence-corrected chi connectivity index (χ2v) is 3.88. The third-order valence-corrected chi connectivity index (χ3v) is 2.62. The molecule has 0 saturated heterocycles. The molecular formula is C10H13BF3NO2. The molecule has 0 aliphatic heterocycles. The van der Waals surface area contributed by atoms with Gasteiger partial charge in [0, 0.05) is 11.7 Å². The van der Waals surface area contributed by atoms with Crippen LogP contribution in [0.4, 0.5) is 13.2 Å². The van der Waals surface area contributed by atoms with Gasteiger partial charge in [0.15, 0.2) is 0 Å². The lowest BCUT2D eigenvalue weighted by atomic mass is 9.80. The average Bonchev–Trinajstić information content (AvgIpc) is 2.26. The van der Waals surface area contributed by atoms with E-state index >= 15 is 0 Å². The van der Waals surface area contributed by atoms with Gasteiger partial charge >= 0.3 is 13.3 Å². The monoisotopic (exact) mass is 247 g/mol. The molecule has 1 aromatic rings. The quantitative estimate of drug-likeness (QED) is 0.791. The molecule has 1 unspecified atom stereocenters. The summed E-state index contributed by atoms with van der Waals surface area (Å²) in [6.45, 7) is 3.41. The van der Waals surface area contributed by atoms with Crippen LogP contribution in [0.3, 0.4) is 0 Å². The average molecular weight is 247 g/mol. The maximum Gasteiger partial charge on any atom is 0.490 e. The number of hydrogen-bond acceptors (Lipinski definition) is 3. The molecule has 7 heteroatoms. The van der Waals surface area contributed by atoms with E-state index in [0.29, 0.717) is 6.42 Å². The molecule has 1 aromatic heterocycles. The van der Waals surface area contributed by atoms with Gasteiger partial charge in [-0.05, 0) is 18.4 Å². The molecule has 0 fully saturated rings. The molecule has 1 heterocycles. The van der Waals surface area contributed by atoms with Crippen LogP contribution in [0.2, 0.25) is 0 Å². The van der Waals surface area contributed by atoms with Crippen molar-refractivity contribution in [1.29, 1.82) is 0 Å². The fourth-order valence-corrected chi connectivity index (χ4v) is 1.45. The minimum atomic E-state index is -4.54. The first kappa shape index (κ1) is 14.0. The van der Waals surface area contributed by atoms with Gasteiger partial charge in [-0.15, -0.1) is 0 Å². The number of rotatable bonds is 3. The molecular weight excluding hydrogens is 234 g/mol. The summed E-state index contributed by atoms with van der Waals surface area (Å²) in [4.78, 5) is 3.70. The van der Waals surface area contributed by atoms with Crippen molar-refractivity contribution >= 4 is 12.6 Å². The van der Waals surface area contributed by atoms with Gasteiger partial charge in [-0.25, -0.2) is 0 Å². The van der Waals surface area contributed by atoms with Crippen molar-refractivity contribution in [3.8, 4) is 0 Å². The van der Waals surface area contributed by atoms with Gasteiger partial charge < -0.3 is 10.0 Å². The van der Waals surface area contributed by atoms with E-state index < -0.39 is 18.9 Å². The molecule has 2 N–H and O–H groups in total. The highest BCUT2D eigenvalue weighted by atomic mass is 19.4. The number of halogens is 3. The highest BCUT2D eigenvalue weighted by Crippen LogP contribution is 2.34. The van der Waals surface area contributed by atoms with Crippen LogP contribution < -0.4 is 5.46 Å². The van der Waals surface area contributed by atoms with Crippen molar-refractivity contribution < 1.29 is 23.2 Å². The first-order valence-corrected chi connectivity index (χ1v) is 5.20. The molecule has 0 aliphatic carbocycles. The lowest BCUT2D eigenvalue weighted by Gasteiger charge is -2.17. The van der Waals surface area contributed by atoms with Gasteiger partial charge in [0.05, 0.1) is 11.3 Å². The van der Waals surface area contributed by atoms with Gasteiger partial charge in [0.1, 0.15) is 0 Å². The van der Waals surface area contributed by atoms with Crippen molar-refractivity contribution in [3.63, 3.8) is 0 Å². The summed E-state index contributed by atoms with van der Waals surface area (Å²) in [5.74, 6) is -0.337. The van der Waals surface area contributed by atoms with E-state index in [1.54, 1.807) is 13.8 Å². The Kier molecular flexibility index (Phi) is 4.16. The predicted octanol–water partition coefficient (Wildman–Crippen LogP) is 1.29. The Morgan fingerprint density at radius 3 is 2.41 bits per heavy atom. The SMILES string of the molecule is CCC(C)c1ncc(B(O)O)cc1C(F)(F)F. The van der Waals surface area contributed by atoms with Crippen LogP contribution in [-0.4, -0.2) is 22.2 Å². The summed E-state index contributed by atoms with van der Waals surface area (Å²) in [5, 5.41) is 17.7. The summed E-state index contributed by atoms with van der Waals surface area (Å²) < 4.78 is 38.4. The molecule has 94 valence electrons. The van der Waals surface area contributed by atoms with Gasteiger partial charge in [-0.1, -0.05) is 13.8 Å². The minimum Gasteiger partial charge on any atom is -0.423 e. The first-order chi connectivity index (χ1) is 7.77. The summed E-state index contributed by atoms with van der Waals surface area (Å²) in [7, 11) is -1.95. The number of hydrogen-bond donors (Lipinski definition) is 2. The van der Waals surface area contributed by atoms with Crippen LogP contribution in [0.25, 0.3) is 0 Å². The smallest absolute Gasteiger partial charge is 0.423 e. The van der Waals surface area contributed by atoms with E-state index in [9.17, 15) is 13.2 Å². The fourth-order valence-electron chi connectivity index (χ4n) is 1.45. The van der Waals surface area contributed by atoms with Crippen molar-refractivity contribution in [2.24, 2.45) is 0 Å². The van der Waals surface area contributed by atoms with Gasteiger partial charge in [0.2, 0.25) is 0 Å². The standard InChI is InChI=1S/C10H13BF3NO2/c1-3-6(2)9-8(10(12,13)14)4-7(5-15-9)11(16)17/h4-6,16-17H,3H2,1-2H3. The summed E-state index contributed by atoms with van der Waals surface area (Å²) in [5.41, 5.74) is -1.23. The van der Waals surface area contributed by atoms with E-state index in [4.69, 9.17) is 10.0 Å². The van der Waals surface area contributed by atoms with E-state index in [1.165, 1.54) is 0 Å². The molecule has 1 rings (SSSR count). The van der Waals surface area contributed by atoms with Crippen molar-refractivity contribution in [3.05, 3.63) is 23.5 Å². The molecule has 0 bridgehead atoms. The molecule has 0 spiro atoms. The Labute approximate surface area is 97.5 Å². The lowest BCUT2D eigenvalue weighted by molar-refractivity contribution is -0.138. The van der Waals surface area contributed by atoms with Crippen LogP contribution >= 0.6 is 0 Å². The number of pyridine rings is 1. The maximum absolute atomic E-state index is 12.8. The van der Waals surface area contributed by atoms with Gasteiger partial charge in [-0.2, -0.15) is 13.2 Å². The normalized spacial score (nSPS) is 13.6. The Morgan fingerprint density at radius 2 is 2.00 bits per heavy atom. The lowest BCUT2D eigenvalue weighted by Crippen LogP contribution is -2.32. The van der Waals surface area contributed by atoms with E-state index in [2.05, 4.69) is 4.98 Å². The zero-order valence-electron chi connectivity index (χ0n) is 9.49. The highest BCUT2D eigenvalue weighted by Gasteiger charge is 2.36. The van der Waals surface area contributed by atoms with Gasteiger partial charge in [-0.3, -0.25) is 4.98 Å². The molecule has 1 atom stereocenters. The van der Waals surface area contributed by atoms with Crippen LogP contribution in [-0.2, 0) is 6.18 Å². The molecule has 3 nitrogen and oxygen atoms in total. The largest absolute Gasteiger partial charge is 0.490 e. The molecule has 0 amide bonds. The van der Waals surface area contributed by atoms with E-state index in [0.717, 1.165) is 12.3 Å². The van der Waals surface area contributed by atoms with E-state index in [-0.39, 0.29) is 17.1 Å². The fraction of sp³-hybridized carbons (Fsp3) is 0.500. The molecule has 0 radical (unpaired) electrons. The molecule has 0 aromatic carbocycles. The van der Waals surface area contributed by atoms with Crippen LogP contribution in [0, 0.1) is 0 Å². The van der Waals surface area contributed by atoms with Crippen LogP contribution in [0.15, 0.2) is 12.3 Å². The van der Waals surface area contributed by atoms with Crippen molar-refractivity contribution in [1.82, 2.24) is 4.98 Å². The summed E-state index contributed by atoms with van der Waals surface area (Å²) in [6.07, 6.45) is -2.96. The summed E-state index contributed by atoms with van der Waals surface area (Å²) in [6, 6.07) is 0.735. The minimum absolute atomic E-state index is 0.0654.